The van der Waals surface area contributed by atoms with E-state index in [1.807, 2.05) is 24.3 Å². The fourth-order valence-electron chi connectivity index (χ4n) is 1.46. The molecule has 6 heteroatoms. The number of nitrogens with one attached hydrogen (secondary N) is 1. The van der Waals surface area contributed by atoms with E-state index in [2.05, 4.69) is 31.2 Å². The summed E-state index contributed by atoms with van der Waals surface area (Å²) in [6.07, 6.45) is 2.63. The Morgan fingerprint density at radius 2 is 2.17 bits per heavy atom. The fraction of sp³-hybridized carbons (Fsp3) is 0.0833. The van der Waals surface area contributed by atoms with Gasteiger partial charge in [0.25, 0.3) is 0 Å². The maximum Gasteiger partial charge on any atom is 0.339 e. The third kappa shape index (κ3) is 2.84. The van der Waals surface area contributed by atoms with E-state index in [1.165, 1.54) is 12.5 Å². The van der Waals surface area contributed by atoms with Crippen LogP contribution in [0.3, 0.4) is 0 Å². The van der Waals surface area contributed by atoms with Crippen LogP contribution in [0.25, 0.3) is 0 Å². The highest BCUT2D eigenvalue weighted by atomic mass is 79.9. The summed E-state index contributed by atoms with van der Waals surface area (Å²) < 4.78 is 0.913. The number of anilines is 1. The Morgan fingerprint density at radius 1 is 1.39 bits per heavy atom. The second-order valence-electron chi connectivity index (χ2n) is 3.52. The van der Waals surface area contributed by atoms with Gasteiger partial charge < -0.3 is 10.4 Å². The Morgan fingerprint density at radius 3 is 2.89 bits per heavy atom. The van der Waals surface area contributed by atoms with Crippen molar-refractivity contribution in [3.8, 4) is 0 Å². The summed E-state index contributed by atoms with van der Waals surface area (Å²) in [5.74, 6) is -1.03. The number of hydrogen-bond acceptors (Lipinski definition) is 4. The molecule has 1 aromatic carbocycles. The van der Waals surface area contributed by atoms with Crippen LogP contribution in [0.5, 0.6) is 0 Å². The zero-order valence-corrected chi connectivity index (χ0v) is 10.9. The molecule has 0 saturated carbocycles. The molecule has 2 rings (SSSR count). The van der Waals surface area contributed by atoms with Gasteiger partial charge in [-0.05, 0) is 28.1 Å². The largest absolute Gasteiger partial charge is 0.478 e. The van der Waals surface area contributed by atoms with Crippen LogP contribution in [0.15, 0.2) is 41.3 Å². The SMILES string of the molecule is O=C(O)c1cncnc1CNc1ccccc1Br. The highest BCUT2D eigenvalue weighted by molar-refractivity contribution is 9.10. The van der Waals surface area contributed by atoms with Crippen molar-refractivity contribution in [2.45, 2.75) is 6.54 Å². The molecule has 0 atom stereocenters. The summed E-state index contributed by atoms with van der Waals surface area (Å²) in [6, 6.07) is 7.60. The molecule has 0 aliphatic carbocycles. The number of hydrogen-bond donors (Lipinski definition) is 2. The molecular weight excluding hydrogens is 298 g/mol. The predicted molar refractivity (Wildman–Crippen MR) is 70.5 cm³/mol. The molecule has 5 nitrogen and oxygen atoms in total. The van der Waals surface area contributed by atoms with Crippen LogP contribution in [0.2, 0.25) is 0 Å². The average Bonchev–Trinajstić information content (AvgIpc) is 2.38. The number of rotatable bonds is 4. The van der Waals surface area contributed by atoms with Crippen LogP contribution in [0.1, 0.15) is 16.1 Å². The maximum absolute atomic E-state index is 11.0. The topological polar surface area (TPSA) is 75.1 Å². The van der Waals surface area contributed by atoms with Crippen molar-refractivity contribution in [3.05, 3.63) is 52.5 Å². The highest BCUT2D eigenvalue weighted by Gasteiger charge is 2.11. The van der Waals surface area contributed by atoms with Crippen LogP contribution in [0, 0.1) is 0 Å². The summed E-state index contributed by atoms with van der Waals surface area (Å²) >= 11 is 3.41. The lowest BCUT2D eigenvalue weighted by molar-refractivity contribution is 0.0694. The molecule has 1 heterocycles. The number of carboxylic acids is 1. The molecule has 0 bridgehead atoms. The van der Waals surface area contributed by atoms with Crippen LogP contribution < -0.4 is 5.32 Å². The molecule has 0 fully saturated rings. The number of nitrogens with zero attached hydrogens (tertiary/aromatic N) is 2. The zero-order chi connectivity index (χ0) is 13.0. The van der Waals surface area contributed by atoms with Gasteiger partial charge >= 0.3 is 5.97 Å². The van der Waals surface area contributed by atoms with Crippen LogP contribution in [-0.2, 0) is 6.54 Å². The minimum atomic E-state index is -1.03. The lowest BCUT2D eigenvalue weighted by Gasteiger charge is -2.09. The van der Waals surface area contributed by atoms with Crippen molar-refractivity contribution in [3.63, 3.8) is 0 Å². The molecule has 0 aliphatic rings. The Balaban J connectivity index is 2.16. The Bertz CT molecular complexity index is 575. The highest BCUT2D eigenvalue weighted by Crippen LogP contribution is 2.21. The summed E-state index contributed by atoms with van der Waals surface area (Å²) in [4.78, 5) is 18.7. The molecule has 0 spiro atoms. The second-order valence-corrected chi connectivity index (χ2v) is 4.38. The molecule has 0 saturated heterocycles. The Labute approximate surface area is 112 Å². The molecule has 0 unspecified atom stereocenters. The first-order chi connectivity index (χ1) is 8.68. The average molecular weight is 308 g/mol. The van der Waals surface area contributed by atoms with Crippen LogP contribution in [0.4, 0.5) is 5.69 Å². The van der Waals surface area contributed by atoms with Crippen molar-refractivity contribution >= 4 is 27.6 Å². The lowest BCUT2D eigenvalue weighted by Crippen LogP contribution is -2.10. The van der Waals surface area contributed by atoms with Crippen molar-refractivity contribution in [1.82, 2.24) is 9.97 Å². The van der Waals surface area contributed by atoms with Gasteiger partial charge in [-0.3, -0.25) is 0 Å². The summed E-state index contributed by atoms with van der Waals surface area (Å²) in [6.45, 7) is 0.326. The molecule has 0 radical (unpaired) electrons. The van der Waals surface area contributed by atoms with E-state index >= 15 is 0 Å². The minimum absolute atomic E-state index is 0.108. The second kappa shape index (κ2) is 5.59. The van der Waals surface area contributed by atoms with E-state index in [9.17, 15) is 4.79 Å². The monoisotopic (exact) mass is 307 g/mol. The van der Waals surface area contributed by atoms with Gasteiger partial charge in [0.05, 0.1) is 12.2 Å². The molecule has 0 amide bonds. The summed E-state index contributed by atoms with van der Waals surface area (Å²) in [5.41, 5.74) is 1.44. The van der Waals surface area contributed by atoms with Gasteiger partial charge in [-0.15, -0.1) is 0 Å². The first-order valence-electron chi connectivity index (χ1n) is 5.19. The third-order valence-corrected chi connectivity index (χ3v) is 3.04. The number of aromatic carboxylic acids is 1. The Hall–Kier alpha value is -1.95. The molecule has 2 aromatic rings. The van der Waals surface area contributed by atoms with Crippen LogP contribution >= 0.6 is 15.9 Å². The van der Waals surface area contributed by atoms with E-state index in [4.69, 9.17) is 5.11 Å². The van der Waals surface area contributed by atoms with Crippen molar-refractivity contribution in [1.29, 1.82) is 0 Å². The third-order valence-electron chi connectivity index (χ3n) is 2.35. The maximum atomic E-state index is 11.0. The van der Waals surface area contributed by atoms with Crippen molar-refractivity contribution in [2.24, 2.45) is 0 Å². The first-order valence-corrected chi connectivity index (χ1v) is 5.98. The van der Waals surface area contributed by atoms with Gasteiger partial charge in [0, 0.05) is 16.4 Å². The minimum Gasteiger partial charge on any atom is -0.478 e. The van der Waals surface area contributed by atoms with E-state index in [0.29, 0.717) is 12.2 Å². The van der Waals surface area contributed by atoms with Crippen molar-refractivity contribution in [2.75, 3.05) is 5.32 Å². The predicted octanol–water partition coefficient (Wildman–Crippen LogP) is 2.55. The zero-order valence-electron chi connectivity index (χ0n) is 9.30. The van der Waals surface area contributed by atoms with Gasteiger partial charge in [-0.1, -0.05) is 12.1 Å². The number of aromatic nitrogens is 2. The van der Waals surface area contributed by atoms with Gasteiger partial charge in [0.15, 0.2) is 0 Å². The number of benzene rings is 1. The molecule has 1 aromatic heterocycles. The number of carbonyl (C=O) groups is 1. The molecule has 2 N–H and O–H groups in total. The normalized spacial score (nSPS) is 10.1. The molecule has 92 valence electrons. The van der Waals surface area contributed by atoms with Gasteiger partial charge in [-0.2, -0.15) is 0 Å². The van der Waals surface area contributed by atoms with E-state index < -0.39 is 5.97 Å². The van der Waals surface area contributed by atoms with E-state index in [1.54, 1.807) is 0 Å². The first kappa shape index (κ1) is 12.5. The number of halogens is 1. The fourth-order valence-corrected chi connectivity index (χ4v) is 1.88. The number of carboxylic acid groups (broad SMARTS) is 1. The van der Waals surface area contributed by atoms with Gasteiger partial charge in [-0.25, -0.2) is 14.8 Å². The van der Waals surface area contributed by atoms with Crippen molar-refractivity contribution < 1.29 is 9.90 Å². The lowest BCUT2D eigenvalue weighted by atomic mass is 10.2. The molecule has 18 heavy (non-hydrogen) atoms. The standard InChI is InChI=1S/C12H10BrN3O2/c13-9-3-1-2-4-10(9)15-6-11-8(12(17)18)5-14-7-16-11/h1-5,7,15H,6H2,(H,17,18). The summed E-state index contributed by atoms with van der Waals surface area (Å²) in [7, 11) is 0. The van der Waals surface area contributed by atoms with Crippen LogP contribution in [-0.4, -0.2) is 21.0 Å². The number of para-hydroxylation sites is 1. The summed E-state index contributed by atoms with van der Waals surface area (Å²) in [5, 5.41) is 12.1. The molecule has 0 aliphatic heterocycles. The molecular formula is C12H10BrN3O2. The van der Waals surface area contributed by atoms with Gasteiger partial charge in [0.1, 0.15) is 11.9 Å². The smallest absolute Gasteiger partial charge is 0.339 e. The quantitative estimate of drug-likeness (QED) is 0.908. The Kier molecular flexibility index (Phi) is 3.88. The van der Waals surface area contributed by atoms with E-state index in [0.717, 1.165) is 10.2 Å². The van der Waals surface area contributed by atoms with Gasteiger partial charge in [0.2, 0.25) is 0 Å². The van der Waals surface area contributed by atoms with E-state index in [-0.39, 0.29) is 5.56 Å².